The van der Waals surface area contributed by atoms with E-state index in [0.717, 1.165) is 5.56 Å². The summed E-state index contributed by atoms with van der Waals surface area (Å²) in [6.45, 7) is 6.75. The summed E-state index contributed by atoms with van der Waals surface area (Å²) in [5, 5.41) is 25.4. The molecular formula is C28H28ClN7O2. The molecule has 0 aliphatic carbocycles. The van der Waals surface area contributed by atoms with Crippen LogP contribution in [0.1, 0.15) is 63.8 Å². The minimum atomic E-state index is -0.341. The van der Waals surface area contributed by atoms with Crippen molar-refractivity contribution in [3.05, 3.63) is 93.9 Å². The number of benzene rings is 2. The maximum atomic E-state index is 13.3. The summed E-state index contributed by atoms with van der Waals surface area (Å²) in [6, 6.07) is 16.4. The predicted molar refractivity (Wildman–Crippen MR) is 146 cm³/mol. The van der Waals surface area contributed by atoms with Gasteiger partial charge in [-0.05, 0) is 51.5 Å². The van der Waals surface area contributed by atoms with Gasteiger partial charge in [-0.1, -0.05) is 41.4 Å². The molecule has 0 fully saturated rings. The highest BCUT2D eigenvalue weighted by atomic mass is 35.5. The van der Waals surface area contributed by atoms with Crippen molar-refractivity contribution >= 4 is 29.1 Å². The molecule has 0 spiro atoms. The summed E-state index contributed by atoms with van der Waals surface area (Å²) in [5.41, 5.74) is 2.82. The molecule has 1 amide bonds. The number of nitrogens with zero attached hydrogens (tertiary/aromatic N) is 5. The first-order valence-corrected chi connectivity index (χ1v) is 12.6. The zero-order valence-corrected chi connectivity index (χ0v) is 22.2. The Balaban J connectivity index is 1.51. The molecule has 4 aromatic rings. The standard InChI is InChI=1S/C28H28ClN7O2/c1-18(2)35-17-21(16-33-35)28(38)32-14-4-13-31-27-24(15-30)25(26(37)20-7-5-19(3)6-8-20)34-36(27)23-11-9-22(29)10-12-23/h5-12,16-18,31H,4,13-14H2,1-3H3,(H,32,38). The van der Waals surface area contributed by atoms with Gasteiger partial charge < -0.3 is 10.6 Å². The number of aryl methyl sites for hydroxylation is 1. The monoisotopic (exact) mass is 529 g/mol. The lowest BCUT2D eigenvalue weighted by molar-refractivity contribution is 0.0952. The third kappa shape index (κ3) is 5.93. The lowest BCUT2D eigenvalue weighted by atomic mass is 10.0. The van der Waals surface area contributed by atoms with Gasteiger partial charge in [0.25, 0.3) is 5.91 Å². The summed E-state index contributed by atoms with van der Waals surface area (Å²) in [5.74, 6) is -0.145. The van der Waals surface area contributed by atoms with Crippen molar-refractivity contribution in [3.63, 3.8) is 0 Å². The van der Waals surface area contributed by atoms with Crippen molar-refractivity contribution in [1.29, 1.82) is 5.26 Å². The first-order valence-electron chi connectivity index (χ1n) is 12.2. The van der Waals surface area contributed by atoms with Gasteiger partial charge in [-0.25, -0.2) is 4.68 Å². The summed E-state index contributed by atoms with van der Waals surface area (Å²) < 4.78 is 3.27. The van der Waals surface area contributed by atoms with Crippen molar-refractivity contribution < 1.29 is 9.59 Å². The van der Waals surface area contributed by atoms with Crippen LogP contribution in [0.3, 0.4) is 0 Å². The fourth-order valence-corrected chi connectivity index (χ4v) is 3.92. The number of hydrogen-bond donors (Lipinski definition) is 2. The van der Waals surface area contributed by atoms with Crippen molar-refractivity contribution in [2.24, 2.45) is 0 Å². The average molecular weight is 530 g/mol. The second-order valence-corrected chi connectivity index (χ2v) is 9.54. The van der Waals surface area contributed by atoms with Crippen LogP contribution in [-0.4, -0.2) is 44.3 Å². The number of carbonyl (C=O) groups excluding carboxylic acids is 2. The van der Waals surface area contributed by atoms with E-state index in [4.69, 9.17) is 11.6 Å². The zero-order valence-electron chi connectivity index (χ0n) is 21.4. The van der Waals surface area contributed by atoms with Crippen molar-refractivity contribution in [2.75, 3.05) is 18.4 Å². The van der Waals surface area contributed by atoms with Crippen molar-refractivity contribution in [1.82, 2.24) is 24.9 Å². The number of nitrogens with one attached hydrogen (secondary N) is 2. The molecule has 0 saturated carbocycles. The maximum Gasteiger partial charge on any atom is 0.254 e. The Morgan fingerprint density at radius 3 is 2.39 bits per heavy atom. The molecule has 2 aromatic heterocycles. The zero-order chi connectivity index (χ0) is 27.2. The van der Waals surface area contributed by atoms with Gasteiger partial charge >= 0.3 is 0 Å². The third-order valence-electron chi connectivity index (χ3n) is 5.92. The minimum Gasteiger partial charge on any atom is -0.369 e. The van der Waals surface area contributed by atoms with Crippen molar-refractivity contribution in [3.8, 4) is 11.8 Å². The van der Waals surface area contributed by atoms with Crippen LogP contribution in [0.25, 0.3) is 5.69 Å². The Kier molecular flexibility index (Phi) is 8.24. The normalized spacial score (nSPS) is 10.8. The molecule has 0 radical (unpaired) electrons. The van der Waals surface area contributed by atoms with Crippen LogP contribution in [0.4, 0.5) is 5.82 Å². The van der Waals surface area contributed by atoms with Gasteiger partial charge in [-0.15, -0.1) is 0 Å². The van der Waals surface area contributed by atoms with Crippen LogP contribution in [0.2, 0.25) is 5.02 Å². The van der Waals surface area contributed by atoms with Crippen molar-refractivity contribution in [2.45, 2.75) is 33.2 Å². The number of rotatable bonds is 10. The molecule has 194 valence electrons. The smallest absolute Gasteiger partial charge is 0.254 e. The average Bonchev–Trinajstić information content (AvgIpc) is 3.55. The number of anilines is 1. The molecule has 9 nitrogen and oxygen atoms in total. The number of carbonyl (C=O) groups is 2. The molecule has 10 heteroatoms. The van der Waals surface area contributed by atoms with E-state index in [9.17, 15) is 14.9 Å². The van der Waals surface area contributed by atoms with E-state index >= 15 is 0 Å². The minimum absolute atomic E-state index is 0.0595. The molecule has 2 aromatic carbocycles. The highest BCUT2D eigenvalue weighted by Crippen LogP contribution is 2.26. The molecule has 0 bridgehead atoms. The van der Waals surface area contributed by atoms with Gasteiger partial charge in [0.15, 0.2) is 5.69 Å². The van der Waals surface area contributed by atoms with Crippen LogP contribution in [0.15, 0.2) is 60.9 Å². The van der Waals surface area contributed by atoms with E-state index in [1.54, 1.807) is 53.5 Å². The number of amides is 1. The Morgan fingerprint density at radius 2 is 1.76 bits per heavy atom. The molecule has 2 heterocycles. The Hall–Kier alpha value is -4.42. The third-order valence-corrected chi connectivity index (χ3v) is 6.17. The largest absolute Gasteiger partial charge is 0.369 e. The maximum absolute atomic E-state index is 13.3. The van der Waals surface area contributed by atoms with Crippen LogP contribution in [0, 0.1) is 18.3 Å². The quantitative estimate of drug-likeness (QED) is 0.222. The SMILES string of the molecule is Cc1ccc(C(=O)c2nn(-c3ccc(Cl)cc3)c(NCCCNC(=O)c3cnn(C(C)C)c3)c2C#N)cc1. The number of halogens is 1. The summed E-state index contributed by atoms with van der Waals surface area (Å²) in [4.78, 5) is 25.7. The van der Waals surface area contributed by atoms with Gasteiger partial charge in [0, 0.05) is 35.9 Å². The van der Waals surface area contributed by atoms with Gasteiger partial charge in [0.05, 0.1) is 17.4 Å². The van der Waals surface area contributed by atoms with E-state index in [2.05, 4.69) is 26.9 Å². The topological polar surface area (TPSA) is 118 Å². The highest BCUT2D eigenvalue weighted by molar-refractivity contribution is 6.30. The summed E-state index contributed by atoms with van der Waals surface area (Å²) >= 11 is 6.06. The fraction of sp³-hybridized carbons (Fsp3) is 0.250. The molecule has 0 saturated heterocycles. The Labute approximate surface area is 226 Å². The molecule has 0 atom stereocenters. The molecule has 2 N–H and O–H groups in total. The number of hydrogen-bond acceptors (Lipinski definition) is 6. The first-order chi connectivity index (χ1) is 18.3. The van der Waals surface area contributed by atoms with E-state index in [-0.39, 0.29) is 29.0 Å². The van der Waals surface area contributed by atoms with Gasteiger partial charge in [-0.3, -0.25) is 14.3 Å². The fourth-order valence-electron chi connectivity index (χ4n) is 3.79. The predicted octanol–water partition coefficient (Wildman–Crippen LogP) is 4.95. The van der Waals surface area contributed by atoms with Crippen LogP contribution in [0.5, 0.6) is 0 Å². The second kappa shape index (κ2) is 11.8. The second-order valence-electron chi connectivity index (χ2n) is 9.11. The van der Waals surface area contributed by atoms with Gasteiger partial charge in [0.1, 0.15) is 17.5 Å². The van der Waals surface area contributed by atoms with E-state index in [1.807, 2.05) is 32.9 Å². The van der Waals surface area contributed by atoms with Crippen LogP contribution in [-0.2, 0) is 0 Å². The number of nitriles is 1. The Morgan fingerprint density at radius 1 is 1.05 bits per heavy atom. The first kappa shape index (κ1) is 26.6. The van der Waals surface area contributed by atoms with Gasteiger partial charge in [0.2, 0.25) is 5.78 Å². The molecular weight excluding hydrogens is 502 g/mol. The number of ketones is 1. The molecule has 4 rings (SSSR count). The Bertz CT molecular complexity index is 1480. The lowest BCUT2D eigenvalue weighted by Crippen LogP contribution is -2.25. The van der Waals surface area contributed by atoms with Gasteiger partial charge in [-0.2, -0.15) is 15.5 Å². The molecule has 0 unspecified atom stereocenters. The molecule has 0 aliphatic rings. The van der Waals surface area contributed by atoms with E-state index < -0.39 is 0 Å². The van der Waals surface area contributed by atoms with E-state index in [0.29, 0.717) is 47.2 Å². The molecule has 0 aliphatic heterocycles. The van der Waals surface area contributed by atoms with Crippen LogP contribution >= 0.6 is 11.6 Å². The van der Waals surface area contributed by atoms with E-state index in [1.165, 1.54) is 4.68 Å². The summed E-state index contributed by atoms with van der Waals surface area (Å²) in [6.07, 6.45) is 3.83. The van der Waals surface area contributed by atoms with Crippen LogP contribution < -0.4 is 10.6 Å². The molecule has 38 heavy (non-hydrogen) atoms. The summed E-state index contributed by atoms with van der Waals surface area (Å²) in [7, 11) is 0. The number of aromatic nitrogens is 4. The lowest BCUT2D eigenvalue weighted by Gasteiger charge is -2.11. The highest BCUT2D eigenvalue weighted by Gasteiger charge is 2.25.